The molecule has 2 saturated carbocycles. The molecule has 2 fully saturated rings. The molecule has 3 rings (SSSR count). The van der Waals surface area contributed by atoms with Crippen LogP contribution >= 0.6 is 0 Å². The highest BCUT2D eigenvalue weighted by molar-refractivity contribution is 5.27. The smallest absolute Gasteiger partial charge is 0.119 e. The number of aryl methyl sites for hydroxylation is 1. The van der Waals surface area contributed by atoms with Crippen LogP contribution in [0, 0.1) is 11.8 Å². The highest BCUT2D eigenvalue weighted by atomic mass is 16.5. The summed E-state index contributed by atoms with van der Waals surface area (Å²) in [5.74, 6) is 2.94. The summed E-state index contributed by atoms with van der Waals surface area (Å²) in [6, 6.07) is 9.42. The fourth-order valence-corrected chi connectivity index (χ4v) is 3.16. The van der Waals surface area contributed by atoms with Crippen molar-refractivity contribution in [3.05, 3.63) is 29.8 Å². The van der Waals surface area contributed by atoms with Gasteiger partial charge in [0.05, 0.1) is 0 Å². The molecule has 1 N–H and O–H groups in total. The van der Waals surface area contributed by atoms with E-state index in [4.69, 9.17) is 4.74 Å². The predicted octanol–water partition coefficient (Wildman–Crippen LogP) is 4.19. The average Bonchev–Trinajstić information content (AvgIpc) is 3.39. The first kappa shape index (κ1) is 14.9. The zero-order chi connectivity index (χ0) is 14.5. The van der Waals surface area contributed by atoms with Crippen molar-refractivity contribution in [2.75, 3.05) is 13.2 Å². The van der Waals surface area contributed by atoms with Gasteiger partial charge in [-0.3, -0.25) is 0 Å². The van der Waals surface area contributed by atoms with Crippen LogP contribution in [0.15, 0.2) is 24.3 Å². The molecule has 1 aromatic carbocycles. The third-order valence-corrected chi connectivity index (χ3v) is 4.75. The van der Waals surface area contributed by atoms with Crippen molar-refractivity contribution in [2.24, 2.45) is 11.8 Å². The lowest BCUT2D eigenvalue weighted by molar-refractivity contribution is 0.293. The molecule has 2 heteroatoms. The Labute approximate surface area is 129 Å². The van der Waals surface area contributed by atoms with Crippen LogP contribution in [0.2, 0.25) is 0 Å². The van der Waals surface area contributed by atoms with Gasteiger partial charge in [-0.1, -0.05) is 25.5 Å². The second-order valence-corrected chi connectivity index (χ2v) is 6.75. The van der Waals surface area contributed by atoms with Crippen molar-refractivity contribution in [3.63, 3.8) is 0 Å². The number of unbranched alkanes of at least 4 members (excludes halogenated alkanes) is 1. The largest absolute Gasteiger partial charge is 0.492 e. The van der Waals surface area contributed by atoms with Gasteiger partial charge in [-0.05, 0) is 68.1 Å². The molecule has 0 unspecified atom stereocenters. The molecule has 0 saturated heterocycles. The predicted molar refractivity (Wildman–Crippen MR) is 87.8 cm³/mol. The maximum absolute atomic E-state index is 5.85. The van der Waals surface area contributed by atoms with Gasteiger partial charge in [-0.15, -0.1) is 0 Å². The second kappa shape index (κ2) is 7.31. The summed E-state index contributed by atoms with van der Waals surface area (Å²) >= 11 is 0. The number of nitrogens with one attached hydrogen (secondary N) is 1. The standard InChI is InChI=1S/C19H29NO/c1-2-3-4-15-5-11-18(12-6-15)21-14-13-20-19(16-7-8-16)17-9-10-17/h5-6,11-12,16-17,19-20H,2-4,7-10,13-14H2,1H3. The Bertz CT molecular complexity index is 408. The number of rotatable bonds is 10. The lowest BCUT2D eigenvalue weighted by atomic mass is 10.1. The Morgan fingerprint density at radius 1 is 1.10 bits per heavy atom. The molecule has 0 spiro atoms. The van der Waals surface area contributed by atoms with Crippen LogP contribution < -0.4 is 10.1 Å². The summed E-state index contributed by atoms with van der Waals surface area (Å²) in [5.41, 5.74) is 1.42. The van der Waals surface area contributed by atoms with E-state index in [0.29, 0.717) is 0 Å². The molecule has 2 nitrogen and oxygen atoms in total. The minimum absolute atomic E-state index is 0.782. The normalized spacial score (nSPS) is 18.2. The fourth-order valence-electron chi connectivity index (χ4n) is 3.16. The molecule has 2 aliphatic rings. The van der Waals surface area contributed by atoms with Gasteiger partial charge in [0.2, 0.25) is 0 Å². The molecule has 0 aliphatic heterocycles. The Morgan fingerprint density at radius 2 is 1.76 bits per heavy atom. The highest BCUT2D eigenvalue weighted by Crippen LogP contribution is 2.44. The fraction of sp³-hybridized carbons (Fsp3) is 0.684. The summed E-state index contributed by atoms with van der Waals surface area (Å²) in [6.45, 7) is 4.00. The van der Waals surface area contributed by atoms with Crippen LogP contribution in [0.3, 0.4) is 0 Å². The summed E-state index contributed by atoms with van der Waals surface area (Å²) in [4.78, 5) is 0. The molecular weight excluding hydrogens is 258 g/mol. The Kier molecular flexibility index (Phi) is 5.18. The minimum atomic E-state index is 0.782. The topological polar surface area (TPSA) is 21.3 Å². The Hall–Kier alpha value is -1.02. The molecule has 116 valence electrons. The highest BCUT2D eigenvalue weighted by Gasteiger charge is 2.40. The van der Waals surface area contributed by atoms with Gasteiger partial charge in [0.25, 0.3) is 0 Å². The number of benzene rings is 1. The summed E-state index contributed by atoms with van der Waals surface area (Å²) in [5, 5.41) is 3.73. The molecule has 0 heterocycles. The molecular formula is C19H29NO. The Balaban J connectivity index is 1.34. The van der Waals surface area contributed by atoms with Crippen molar-refractivity contribution >= 4 is 0 Å². The molecule has 0 radical (unpaired) electrons. The third kappa shape index (κ3) is 4.74. The first-order valence-electron chi connectivity index (χ1n) is 8.82. The van der Waals surface area contributed by atoms with E-state index in [1.54, 1.807) is 0 Å². The quantitative estimate of drug-likeness (QED) is 0.652. The van der Waals surface area contributed by atoms with Crippen LogP contribution in [-0.4, -0.2) is 19.2 Å². The molecule has 0 atom stereocenters. The van der Waals surface area contributed by atoms with Crippen molar-refractivity contribution in [2.45, 2.75) is 57.9 Å². The monoisotopic (exact) mass is 287 g/mol. The van der Waals surface area contributed by atoms with Crippen LogP contribution in [0.1, 0.15) is 51.0 Å². The van der Waals surface area contributed by atoms with E-state index in [2.05, 4.69) is 36.5 Å². The van der Waals surface area contributed by atoms with E-state index in [-0.39, 0.29) is 0 Å². The second-order valence-electron chi connectivity index (χ2n) is 6.75. The van der Waals surface area contributed by atoms with E-state index < -0.39 is 0 Å². The van der Waals surface area contributed by atoms with Gasteiger partial charge in [0.1, 0.15) is 12.4 Å². The maximum atomic E-state index is 5.85. The van der Waals surface area contributed by atoms with Gasteiger partial charge in [0, 0.05) is 12.6 Å². The lowest BCUT2D eigenvalue weighted by Gasteiger charge is -2.17. The maximum Gasteiger partial charge on any atom is 0.119 e. The van der Waals surface area contributed by atoms with Crippen molar-refractivity contribution in [1.29, 1.82) is 0 Å². The van der Waals surface area contributed by atoms with Gasteiger partial charge in [-0.2, -0.15) is 0 Å². The SMILES string of the molecule is CCCCc1ccc(OCCNC(C2CC2)C2CC2)cc1. The van der Waals surface area contributed by atoms with Gasteiger partial charge >= 0.3 is 0 Å². The van der Waals surface area contributed by atoms with Crippen LogP contribution in [0.5, 0.6) is 5.75 Å². The van der Waals surface area contributed by atoms with E-state index >= 15 is 0 Å². The summed E-state index contributed by atoms with van der Waals surface area (Å²) in [6.07, 6.45) is 9.47. The third-order valence-electron chi connectivity index (χ3n) is 4.75. The van der Waals surface area contributed by atoms with Crippen molar-refractivity contribution < 1.29 is 4.74 Å². The molecule has 2 aliphatic carbocycles. The molecule has 0 bridgehead atoms. The van der Waals surface area contributed by atoms with Crippen molar-refractivity contribution in [3.8, 4) is 5.75 Å². The zero-order valence-electron chi connectivity index (χ0n) is 13.3. The van der Waals surface area contributed by atoms with E-state index in [0.717, 1.165) is 36.8 Å². The van der Waals surface area contributed by atoms with Crippen LogP contribution in [-0.2, 0) is 6.42 Å². The lowest BCUT2D eigenvalue weighted by Crippen LogP contribution is -2.36. The summed E-state index contributed by atoms with van der Waals surface area (Å²) < 4.78 is 5.85. The van der Waals surface area contributed by atoms with Gasteiger partial charge < -0.3 is 10.1 Å². The van der Waals surface area contributed by atoms with Crippen molar-refractivity contribution in [1.82, 2.24) is 5.32 Å². The van der Waals surface area contributed by atoms with E-state index in [9.17, 15) is 0 Å². The van der Waals surface area contributed by atoms with E-state index in [1.807, 2.05) is 0 Å². The number of ether oxygens (including phenoxy) is 1. The molecule has 0 aromatic heterocycles. The van der Waals surface area contributed by atoms with Gasteiger partial charge in [0.15, 0.2) is 0 Å². The summed E-state index contributed by atoms with van der Waals surface area (Å²) in [7, 11) is 0. The van der Waals surface area contributed by atoms with Crippen LogP contribution in [0.4, 0.5) is 0 Å². The van der Waals surface area contributed by atoms with E-state index in [1.165, 1.54) is 50.5 Å². The number of hydrogen-bond donors (Lipinski definition) is 1. The average molecular weight is 287 g/mol. The molecule has 0 amide bonds. The first-order chi connectivity index (χ1) is 10.4. The molecule has 21 heavy (non-hydrogen) atoms. The van der Waals surface area contributed by atoms with Gasteiger partial charge in [-0.25, -0.2) is 0 Å². The molecule has 1 aromatic rings. The minimum Gasteiger partial charge on any atom is -0.492 e. The number of hydrogen-bond acceptors (Lipinski definition) is 2. The zero-order valence-corrected chi connectivity index (χ0v) is 13.3. The first-order valence-corrected chi connectivity index (χ1v) is 8.82. The van der Waals surface area contributed by atoms with Crippen LogP contribution in [0.25, 0.3) is 0 Å². The Morgan fingerprint density at radius 3 is 2.33 bits per heavy atom.